The molecule has 0 aliphatic carbocycles. The summed E-state index contributed by atoms with van der Waals surface area (Å²) in [4.78, 5) is 25.7. The van der Waals surface area contributed by atoms with E-state index in [1.54, 1.807) is 4.90 Å². The van der Waals surface area contributed by atoms with Crippen LogP contribution in [0, 0.1) is 0 Å². The van der Waals surface area contributed by atoms with Crippen molar-refractivity contribution in [3.8, 4) is 0 Å². The molecule has 17 heavy (non-hydrogen) atoms. The average Bonchev–Trinajstić information content (AvgIpc) is 2.50. The molecular formula is C13H21NO3. The second-order valence-electron chi connectivity index (χ2n) is 5.99. The molecule has 1 amide bonds. The van der Waals surface area contributed by atoms with Crippen LogP contribution in [0.1, 0.15) is 52.9 Å². The molecule has 0 aromatic rings. The van der Waals surface area contributed by atoms with Crippen molar-refractivity contribution >= 4 is 11.9 Å². The number of rotatable bonds is 0. The third-order valence-corrected chi connectivity index (χ3v) is 3.44. The van der Waals surface area contributed by atoms with Crippen LogP contribution in [-0.2, 0) is 9.53 Å². The zero-order chi connectivity index (χ0) is 12.6. The van der Waals surface area contributed by atoms with Gasteiger partial charge < -0.3 is 4.74 Å². The van der Waals surface area contributed by atoms with Crippen LogP contribution in [0.4, 0.5) is 4.79 Å². The van der Waals surface area contributed by atoms with Crippen molar-refractivity contribution in [3.05, 3.63) is 0 Å². The molecule has 2 rings (SSSR count). The van der Waals surface area contributed by atoms with Crippen molar-refractivity contribution in [1.29, 1.82) is 0 Å². The van der Waals surface area contributed by atoms with Gasteiger partial charge in [-0.1, -0.05) is 0 Å². The molecule has 4 nitrogen and oxygen atoms in total. The van der Waals surface area contributed by atoms with Crippen LogP contribution in [-0.4, -0.2) is 34.5 Å². The summed E-state index contributed by atoms with van der Waals surface area (Å²) in [6.45, 7) is 5.56. The highest BCUT2D eigenvalue weighted by Gasteiger charge is 2.43. The van der Waals surface area contributed by atoms with Crippen LogP contribution in [0.25, 0.3) is 0 Å². The van der Waals surface area contributed by atoms with Crippen molar-refractivity contribution in [1.82, 2.24) is 4.90 Å². The number of hydrogen-bond acceptors (Lipinski definition) is 3. The summed E-state index contributed by atoms with van der Waals surface area (Å²) < 4.78 is 5.40. The molecule has 2 fully saturated rings. The van der Waals surface area contributed by atoms with Gasteiger partial charge >= 0.3 is 6.09 Å². The van der Waals surface area contributed by atoms with Crippen molar-refractivity contribution < 1.29 is 14.3 Å². The fraction of sp³-hybridized carbons (Fsp3) is 0.846. The van der Waals surface area contributed by atoms with E-state index in [4.69, 9.17) is 4.74 Å². The Morgan fingerprint density at radius 2 is 2.00 bits per heavy atom. The van der Waals surface area contributed by atoms with Crippen LogP contribution in [0.3, 0.4) is 0 Å². The van der Waals surface area contributed by atoms with Crippen molar-refractivity contribution in [3.63, 3.8) is 0 Å². The predicted octanol–water partition coefficient (Wildman–Crippen LogP) is 2.51. The molecule has 0 unspecified atom stereocenters. The van der Waals surface area contributed by atoms with E-state index in [-0.39, 0.29) is 24.0 Å². The molecule has 0 spiro atoms. The van der Waals surface area contributed by atoms with E-state index < -0.39 is 5.60 Å². The first-order valence-electron chi connectivity index (χ1n) is 6.42. The lowest BCUT2D eigenvalue weighted by molar-refractivity contribution is -0.123. The minimum Gasteiger partial charge on any atom is -0.444 e. The molecule has 0 aromatic carbocycles. The maximum atomic E-state index is 12.1. The summed E-state index contributed by atoms with van der Waals surface area (Å²) in [5.41, 5.74) is -0.494. The minimum absolute atomic E-state index is 0.204. The largest absolute Gasteiger partial charge is 0.444 e. The van der Waals surface area contributed by atoms with Crippen molar-refractivity contribution in [2.24, 2.45) is 0 Å². The maximum Gasteiger partial charge on any atom is 0.411 e. The van der Waals surface area contributed by atoms with E-state index in [1.165, 1.54) is 0 Å². The first kappa shape index (κ1) is 12.4. The number of nitrogens with zero attached hydrogens (tertiary/aromatic N) is 1. The first-order valence-corrected chi connectivity index (χ1v) is 6.42. The van der Waals surface area contributed by atoms with Gasteiger partial charge in [-0.15, -0.1) is 0 Å². The molecule has 0 saturated carbocycles. The Kier molecular flexibility index (Phi) is 3.15. The number of hydrogen-bond donors (Lipinski definition) is 0. The number of carbonyl (C=O) groups excluding carboxylic acids is 2. The number of ether oxygens (including phenoxy) is 1. The van der Waals surface area contributed by atoms with Crippen LogP contribution in [0.5, 0.6) is 0 Å². The lowest BCUT2D eigenvalue weighted by atomic mass is 10.0. The molecule has 2 heterocycles. The van der Waals surface area contributed by atoms with Gasteiger partial charge in [0, 0.05) is 12.5 Å². The van der Waals surface area contributed by atoms with E-state index in [0.717, 1.165) is 25.7 Å². The number of Topliss-reactive ketones (excluding diaryl/α,β-unsaturated/α-hetero) is 1. The van der Waals surface area contributed by atoms with E-state index in [1.807, 2.05) is 20.8 Å². The van der Waals surface area contributed by atoms with Crippen molar-refractivity contribution in [2.45, 2.75) is 70.6 Å². The Bertz CT molecular complexity index is 332. The monoisotopic (exact) mass is 239 g/mol. The Balaban J connectivity index is 2.13. The predicted molar refractivity (Wildman–Crippen MR) is 63.7 cm³/mol. The Morgan fingerprint density at radius 1 is 1.29 bits per heavy atom. The zero-order valence-corrected chi connectivity index (χ0v) is 10.9. The summed E-state index contributed by atoms with van der Waals surface area (Å²) in [6, 6.07) is -0.0151. The Morgan fingerprint density at radius 3 is 2.65 bits per heavy atom. The number of carbonyl (C=O) groups is 2. The maximum absolute atomic E-state index is 12.1. The van der Waals surface area contributed by atoms with Gasteiger partial charge in [0.1, 0.15) is 5.60 Å². The quantitative estimate of drug-likeness (QED) is 0.652. The summed E-state index contributed by atoms with van der Waals surface area (Å²) in [6.07, 6.45) is 3.87. The number of ketones is 1. The van der Waals surface area contributed by atoms with Gasteiger partial charge in [0.2, 0.25) is 0 Å². The van der Waals surface area contributed by atoms with Gasteiger partial charge in [-0.05, 0) is 46.5 Å². The molecule has 0 aromatic heterocycles. The molecule has 96 valence electrons. The fourth-order valence-electron chi connectivity index (χ4n) is 2.75. The summed E-state index contributed by atoms with van der Waals surface area (Å²) in [5, 5.41) is 0. The smallest absolute Gasteiger partial charge is 0.411 e. The molecular weight excluding hydrogens is 218 g/mol. The molecule has 0 N–H and O–H groups in total. The SMILES string of the molecule is CC(C)(C)OC(=O)N1[C@H]2CCCC(=O)[C@@H]1CC2. The molecule has 2 aliphatic heterocycles. The van der Waals surface area contributed by atoms with Gasteiger partial charge in [-0.2, -0.15) is 0 Å². The fourth-order valence-corrected chi connectivity index (χ4v) is 2.75. The highest BCUT2D eigenvalue weighted by Crippen LogP contribution is 2.33. The highest BCUT2D eigenvalue weighted by atomic mass is 16.6. The van der Waals surface area contributed by atoms with E-state index in [0.29, 0.717) is 6.42 Å². The third kappa shape index (κ3) is 2.61. The summed E-state index contributed by atoms with van der Waals surface area (Å²) in [7, 11) is 0. The van der Waals surface area contributed by atoms with E-state index in [9.17, 15) is 9.59 Å². The van der Waals surface area contributed by atoms with Crippen LogP contribution >= 0.6 is 0 Å². The lowest BCUT2D eigenvalue weighted by Gasteiger charge is -2.30. The van der Waals surface area contributed by atoms with Gasteiger partial charge in [0.25, 0.3) is 0 Å². The average molecular weight is 239 g/mol. The summed E-state index contributed by atoms with van der Waals surface area (Å²) >= 11 is 0. The number of fused-ring (bicyclic) bond motifs is 2. The normalized spacial score (nSPS) is 29.1. The van der Waals surface area contributed by atoms with Crippen molar-refractivity contribution in [2.75, 3.05) is 0 Å². The molecule has 2 saturated heterocycles. The molecule has 2 atom stereocenters. The third-order valence-electron chi connectivity index (χ3n) is 3.44. The van der Waals surface area contributed by atoms with Crippen LogP contribution in [0.15, 0.2) is 0 Å². The summed E-state index contributed by atoms with van der Waals surface area (Å²) in [5.74, 6) is 0.204. The zero-order valence-electron chi connectivity index (χ0n) is 10.9. The van der Waals surface area contributed by atoms with Gasteiger partial charge in [-0.25, -0.2) is 4.79 Å². The van der Waals surface area contributed by atoms with Gasteiger partial charge in [0.15, 0.2) is 5.78 Å². The first-order chi connectivity index (χ1) is 7.88. The standard InChI is InChI=1S/C13H21NO3/c1-13(2,3)17-12(16)14-9-5-4-6-11(15)10(14)8-7-9/h9-10H,4-8H2,1-3H3/t9-,10-/m0/s1. The minimum atomic E-state index is -0.494. The van der Waals surface area contributed by atoms with E-state index >= 15 is 0 Å². The van der Waals surface area contributed by atoms with E-state index in [2.05, 4.69) is 0 Å². The molecule has 2 aliphatic rings. The highest BCUT2D eigenvalue weighted by molar-refractivity contribution is 5.88. The second kappa shape index (κ2) is 4.31. The van der Waals surface area contributed by atoms with Gasteiger partial charge in [0.05, 0.1) is 6.04 Å². The topological polar surface area (TPSA) is 46.6 Å². The molecule has 2 bridgehead atoms. The second-order valence-corrected chi connectivity index (χ2v) is 5.99. The van der Waals surface area contributed by atoms with Gasteiger partial charge in [-0.3, -0.25) is 9.69 Å². The Hall–Kier alpha value is -1.06. The molecule has 4 heteroatoms. The Labute approximate surface area is 102 Å². The lowest BCUT2D eigenvalue weighted by Crippen LogP contribution is -2.45. The number of amides is 1. The van der Waals surface area contributed by atoms with Crippen LogP contribution < -0.4 is 0 Å². The molecule has 0 radical (unpaired) electrons. The van der Waals surface area contributed by atoms with Crippen LogP contribution in [0.2, 0.25) is 0 Å².